The van der Waals surface area contributed by atoms with Gasteiger partial charge in [-0.25, -0.2) is 4.39 Å². The van der Waals surface area contributed by atoms with E-state index in [1.165, 1.54) is 12.1 Å². The van der Waals surface area contributed by atoms with E-state index in [1.807, 2.05) is 0 Å². The second-order valence-corrected chi connectivity index (χ2v) is 5.06. The fraction of sp³-hybridized carbons (Fsp3) is 0.600. The molecule has 1 aromatic carbocycles. The highest BCUT2D eigenvalue weighted by Gasteiger charge is 2.27. The summed E-state index contributed by atoms with van der Waals surface area (Å²) < 4.78 is 32.7. The largest absolute Gasteiger partial charge is 0.491 e. The molecule has 0 spiro atoms. The molecule has 0 aromatic heterocycles. The van der Waals surface area contributed by atoms with E-state index in [4.69, 9.17) is 4.74 Å². The lowest BCUT2D eigenvalue weighted by molar-refractivity contribution is 0.0807. The number of ether oxygens (including phenoxy) is 1. The Bertz CT molecular complexity index is 428. The van der Waals surface area contributed by atoms with Gasteiger partial charge in [-0.1, -0.05) is 19.3 Å². The van der Waals surface area contributed by atoms with Gasteiger partial charge < -0.3 is 9.84 Å². The van der Waals surface area contributed by atoms with E-state index in [2.05, 4.69) is 0 Å². The average Bonchev–Trinajstić information content (AvgIpc) is 2.45. The van der Waals surface area contributed by atoms with Gasteiger partial charge in [-0.2, -0.15) is 4.39 Å². The van der Waals surface area contributed by atoms with Crippen LogP contribution in [-0.4, -0.2) is 11.7 Å². The number of aliphatic hydroxyl groups excluding tert-OH is 1. The summed E-state index contributed by atoms with van der Waals surface area (Å²) in [5.74, 6) is -2.06. The molecule has 0 bridgehead atoms. The Hall–Kier alpha value is -1.16. The third-order valence-corrected chi connectivity index (χ3v) is 3.79. The van der Waals surface area contributed by atoms with E-state index in [1.54, 1.807) is 6.92 Å². The molecule has 0 amide bonds. The predicted molar refractivity (Wildman–Crippen MR) is 69.1 cm³/mol. The first-order chi connectivity index (χ1) is 9.15. The Kier molecular flexibility index (Phi) is 4.75. The molecule has 0 aliphatic heterocycles. The van der Waals surface area contributed by atoms with Gasteiger partial charge in [0.15, 0.2) is 11.6 Å². The topological polar surface area (TPSA) is 29.5 Å². The molecular weight excluding hydrogens is 250 g/mol. The molecule has 19 heavy (non-hydrogen) atoms. The van der Waals surface area contributed by atoms with Crippen molar-refractivity contribution in [1.29, 1.82) is 0 Å². The summed E-state index contributed by atoms with van der Waals surface area (Å²) in [6.45, 7) is 1.99. The van der Waals surface area contributed by atoms with Crippen LogP contribution in [0.15, 0.2) is 12.1 Å². The minimum absolute atomic E-state index is 0.0283. The van der Waals surface area contributed by atoms with Gasteiger partial charge in [0.05, 0.1) is 12.7 Å². The first-order valence-electron chi connectivity index (χ1n) is 6.94. The van der Waals surface area contributed by atoms with Crippen molar-refractivity contribution in [3.05, 3.63) is 29.3 Å². The maximum absolute atomic E-state index is 14.0. The zero-order valence-electron chi connectivity index (χ0n) is 11.2. The van der Waals surface area contributed by atoms with E-state index < -0.39 is 17.7 Å². The first kappa shape index (κ1) is 14.3. The third-order valence-electron chi connectivity index (χ3n) is 3.79. The summed E-state index contributed by atoms with van der Waals surface area (Å²) in [6, 6.07) is 2.83. The molecule has 0 heterocycles. The number of benzene rings is 1. The molecule has 0 saturated heterocycles. The van der Waals surface area contributed by atoms with E-state index in [9.17, 15) is 13.9 Å². The van der Waals surface area contributed by atoms with Gasteiger partial charge in [0.25, 0.3) is 0 Å². The van der Waals surface area contributed by atoms with Crippen LogP contribution in [0.1, 0.15) is 50.7 Å². The van der Waals surface area contributed by atoms with Crippen molar-refractivity contribution in [1.82, 2.24) is 0 Å². The van der Waals surface area contributed by atoms with Gasteiger partial charge in [-0.15, -0.1) is 0 Å². The molecule has 1 fully saturated rings. The van der Waals surface area contributed by atoms with Crippen molar-refractivity contribution in [2.45, 2.75) is 45.1 Å². The predicted octanol–water partition coefficient (Wildman–Crippen LogP) is 3.98. The molecule has 1 aromatic rings. The molecule has 1 N–H and O–H groups in total. The van der Waals surface area contributed by atoms with E-state index in [-0.39, 0.29) is 23.8 Å². The van der Waals surface area contributed by atoms with Crippen LogP contribution in [0, 0.1) is 17.6 Å². The maximum Gasteiger partial charge on any atom is 0.200 e. The molecule has 0 radical (unpaired) electrons. The molecule has 1 aliphatic rings. The summed E-state index contributed by atoms with van der Waals surface area (Å²) in [5, 5.41) is 10.2. The molecular formula is C15H20F2O2. The Morgan fingerprint density at radius 1 is 1.21 bits per heavy atom. The van der Waals surface area contributed by atoms with Crippen LogP contribution in [0.5, 0.6) is 5.75 Å². The summed E-state index contributed by atoms with van der Waals surface area (Å²) >= 11 is 0. The van der Waals surface area contributed by atoms with Crippen molar-refractivity contribution in [3.8, 4) is 5.75 Å². The van der Waals surface area contributed by atoms with Crippen LogP contribution in [0.25, 0.3) is 0 Å². The summed E-state index contributed by atoms with van der Waals surface area (Å²) in [7, 11) is 0. The molecule has 1 atom stereocenters. The molecule has 1 saturated carbocycles. The van der Waals surface area contributed by atoms with Gasteiger partial charge in [-0.3, -0.25) is 0 Å². The fourth-order valence-electron chi connectivity index (χ4n) is 2.75. The second kappa shape index (κ2) is 6.33. The normalized spacial score (nSPS) is 18.3. The van der Waals surface area contributed by atoms with Crippen LogP contribution < -0.4 is 4.74 Å². The highest BCUT2D eigenvalue weighted by Crippen LogP contribution is 2.36. The average molecular weight is 270 g/mol. The quantitative estimate of drug-likeness (QED) is 0.896. The SMILES string of the molecule is CCOc1ccc(C(O)C2CCCCC2)c(F)c1F. The Morgan fingerprint density at radius 2 is 1.89 bits per heavy atom. The summed E-state index contributed by atoms with van der Waals surface area (Å²) in [6.07, 6.45) is 4.06. The summed E-state index contributed by atoms with van der Waals surface area (Å²) in [5.41, 5.74) is 0.0489. The van der Waals surface area contributed by atoms with Crippen LogP contribution in [-0.2, 0) is 0 Å². The molecule has 2 nitrogen and oxygen atoms in total. The van der Waals surface area contributed by atoms with E-state index >= 15 is 0 Å². The molecule has 4 heteroatoms. The van der Waals surface area contributed by atoms with Crippen molar-refractivity contribution < 1.29 is 18.6 Å². The number of hydrogen-bond donors (Lipinski definition) is 1. The number of halogens is 2. The second-order valence-electron chi connectivity index (χ2n) is 5.06. The highest BCUT2D eigenvalue weighted by molar-refractivity contribution is 5.32. The maximum atomic E-state index is 14.0. The van der Waals surface area contributed by atoms with Crippen LogP contribution in [0.3, 0.4) is 0 Å². The fourth-order valence-corrected chi connectivity index (χ4v) is 2.75. The lowest BCUT2D eigenvalue weighted by Gasteiger charge is -2.27. The lowest BCUT2D eigenvalue weighted by Crippen LogP contribution is -2.17. The molecule has 1 unspecified atom stereocenters. The monoisotopic (exact) mass is 270 g/mol. The molecule has 106 valence electrons. The van der Waals surface area contributed by atoms with Crippen molar-refractivity contribution in [2.24, 2.45) is 5.92 Å². The van der Waals surface area contributed by atoms with Gasteiger partial charge in [0.2, 0.25) is 5.82 Å². The number of rotatable bonds is 4. The lowest BCUT2D eigenvalue weighted by atomic mass is 9.82. The molecule has 2 rings (SSSR count). The van der Waals surface area contributed by atoms with Gasteiger partial charge >= 0.3 is 0 Å². The van der Waals surface area contributed by atoms with E-state index in [0.717, 1.165) is 32.1 Å². The molecule has 1 aliphatic carbocycles. The van der Waals surface area contributed by atoms with Gasteiger partial charge in [0.1, 0.15) is 0 Å². The van der Waals surface area contributed by atoms with E-state index in [0.29, 0.717) is 0 Å². The highest BCUT2D eigenvalue weighted by atomic mass is 19.2. The minimum atomic E-state index is -1.01. The van der Waals surface area contributed by atoms with Gasteiger partial charge in [-0.05, 0) is 37.8 Å². The summed E-state index contributed by atoms with van der Waals surface area (Å²) in [4.78, 5) is 0. The third kappa shape index (κ3) is 3.06. The van der Waals surface area contributed by atoms with Crippen molar-refractivity contribution >= 4 is 0 Å². The van der Waals surface area contributed by atoms with Gasteiger partial charge in [0, 0.05) is 5.56 Å². The zero-order valence-corrected chi connectivity index (χ0v) is 11.2. The Morgan fingerprint density at radius 3 is 2.53 bits per heavy atom. The number of aliphatic hydroxyl groups is 1. The Labute approximate surface area is 112 Å². The zero-order chi connectivity index (χ0) is 13.8. The smallest absolute Gasteiger partial charge is 0.200 e. The Balaban J connectivity index is 2.21. The van der Waals surface area contributed by atoms with Crippen LogP contribution >= 0.6 is 0 Å². The standard InChI is InChI=1S/C15H20F2O2/c1-2-19-12-9-8-11(13(16)14(12)17)15(18)10-6-4-3-5-7-10/h8-10,15,18H,2-7H2,1H3. The van der Waals surface area contributed by atoms with Crippen molar-refractivity contribution in [2.75, 3.05) is 6.61 Å². The van der Waals surface area contributed by atoms with Crippen molar-refractivity contribution in [3.63, 3.8) is 0 Å². The number of hydrogen-bond acceptors (Lipinski definition) is 2. The van der Waals surface area contributed by atoms with Crippen LogP contribution in [0.2, 0.25) is 0 Å². The minimum Gasteiger partial charge on any atom is -0.491 e. The first-order valence-corrected chi connectivity index (χ1v) is 6.94. The van der Waals surface area contributed by atoms with Crippen LogP contribution in [0.4, 0.5) is 8.78 Å².